The van der Waals surface area contributed by atoms with Crippen molar-refractivity contribution in [2.45, 2.75) is 43.5 Å². The Hall–Kier alpha value is -0.200. The van der Waals surface area contributed by atoms with Gasteiger partial charge in [-0.15, -0.1) is 0 Å². The van der Waals surface area contributed by atoms with E-state index in [1.54, 1.807) is 0 Å². The van der Waals surface area contributed by atoms with Crippen LogP contribution in [-0.4, -0.2) is 52.1 Å². The first-order valence-corrected chi connectivity index (χ1v) is 4.37. The van der Waals surface area contributed by atoms with Gasteiger partial charge in [-0.3, -0.25) is 0 Å². The lowest BCUT2D eigenvalue weighted by Gasteiger charge is -2.32. The van der Waals surface area contributed by atoms with E-state index in [0.29, 0.717) is 6.42 Å². The SMILES string of the molecule is CC1(O)CC2OCC(O)C(O)C2O1. The van der Waals surface area contributed by atoms with E-state index in [-0.39, 0.29) is 12.7 Å². The van der Waals surface area contributed by atoms with Crippen LogP contribution in [0.1, 0.15) is 13.3 Å². The van der Waals surface area contributed by atoms with Gasteiger partial charge in [-0.05, 0) is 6.92 Å². The fourth-order valence-electron chi connectivity index (χ4n) is 1.89. The van der Waals surface area contributed by atoms with E-state index in [1.165, 1.54) is 6.92 Å². The Kier molecular flexibility index (Phi) is 2.08. The predicted molar refractivity (Wildman–Crippen MR) is 41.9 cm³/mol. The molecule has 0 radical (unpaired) electrons. The Bertz CT molecular complexity index is 205. The van der Waals surface area contributed by atoms with E-state index in [1.807, 2.05) is 0 Å². The van der Waals surface area contributed by atoms with Crippen molar-refractivity contribution in [1.29, 1.82) is 0 Å². The first-order chi connectivity index (χ1) is 5.99. The van der Waals surface area contributed by atoms with Crippen molar-refractivity contribution in [2.24, 2.45) is 0 Å². The van der Waals surface area contributed by atoms with E-state index in [4.69, 9.17) is 9.47 Å². The average molecular weight is 190 g/mol. The molecule has 0 aromatic carbocycles. The summed E-state index contributed by atoms with van der Waals surface area (Å²) in [7, 11) is 0. The van der Waals surface area contributed by atoms with Crippen molar-refractivity contribution in [2.75, 3.05) is 6.61 Å². The zero-order chi connectivity index (χ0) is 9.64. The van der Waals surface area contributed by atoms with Gasteiger partial charge >= 0.3 is 0 Å². The number of hydrogen-bond acceptors (Lipinski definition) is 5. The third-order valence-corrected chi connectivity index (χ3v) is 2.55. The summed E-state index contributed by atoms with van der Waals surface area (Å²) in [6, 6.07) is 0. The minimum atomic E-state index is -1.25. The fourth-order valence-corrected chi connectivity index (χ4v) is 1.89. The molecule has 0 aliphatic carbocycles. The molecule has 2 fully saturated rings. The third kappa shape index (κ3) is 1.58. The predicted octanol–water partition coefficient (Wildman–Crippen LogP) is -1.40. The molecule has 2 aliphatic heterocycles. The Balaban J connectivity index is 2.11. The van der Waals surface area contributed by atoms with Gasteiger partial charge in [0.2, 0.25) is 0 Å². The lowest BCUT2D eigenvalue weighted by Crippen LogP contribution is -2.51. The van der Waals surface area contributed by atoms with Gasteiger partial charge in [0.05, 0.1) is 12.7 Å². The maximum Gasteiger partial charge on any atom is 0.165 e. The highest BCUT2D eigenvalue weighted by atomic mass is 16.7. The summed E-state index contributed by atoms with van der Waals surface area (Å²) >= 11 is 0. The molecule has 2 heterocycles. The summed E-state index contributed by atoms with van der Waals surface area (Å²) < 4.78 is 10.4. The van der Waals surface area contributed by atoms with Gasteiger partial charge in [0.15, 0.2) is 5.79 Å². The molecule has 0 aromatic rings. The van der Waals surface area contributed by atoms with Crippen molar-refractivity contribution in [1.82, 2.24) is 0 Å². The molecule has 2 aliphatic rings. The number of rotatable bonds is 0. The van der Waals surface area contributed by atoms with Gasteiger partial charge in [-0.1, -0.05) is 0 Å². The van der Waals surface area contributed by atoms with Crippen LogP contribution in [0.3, 0.4) is 0 Å². The first kappa shape index (κ1) is 9.36. The van der Waals surface area contributed by atoms with Crippen LogP contribution in [0.25, 0.3) is 0 Å². The summed E-state index contributed by atoms with van der Waals surface area (Å²) in [6.07, 6.45) is -2.48. The number of hydrogen-bond donors (Lipinski definition) is 3. The second kappa shape index (κ2) is 2.90. The number of aliphatic hydroxyl groups excluding tert-OH is 2. The summed E-state index contributed by atoms with van der Waals surface area (Å²) in [5.74, 6) is -1.25. The van der Waals surface area contributed by atoms with Crippen LogP contribution in [0.2, 0.25) is 0 Å². The summed E-state index contributed by atoms with van der Waals surface area (Å²) in [4.78, 5) is 0. The molecular weight excluding hydrogens is 176 g/mol. The molecule has 3 N–H and O–H groups in total. The highest BCUT2D eigenvalue weighted by Crippen LogP contribution is 2.35. The fraction of sp³-hybridized carbons (Fsp3) is 1.00. The zero-order valence-electron chi connectivity index (χ0n) is 7.38. The minimum Gasteiger partial charge on any atom is -0.388 e. The van der Waals surface area contributed by atoms with E-state index in [9.17, 15) is 15.3 Å². The summed E-state index contributed by atoms with van der Waals surface area (Å²) in [6.45, 7) is 1.62. The molecule has 2 rings (SSSR count). The van der Waals surface area contributed by atoms with E-state index < -0.39 is 24.1 Å². The van der Waals surface area contributed by atoms with Crippen LogP contribution in [0.4, 0.5) is 0 Å². The van der Waals surface area contributed by atoms with Crippen LogP contribution in [0.5, 0.6) is 0 Å². The molecule has 0 saturated carbocycles. The monoisotopic (exact) mass is 190 g/mol. The summed E-state index contributed by atoms with van der Waals surface area (Å²) in [5, 5.41) is 28.3. The molecular formula is C8H14O5. The highest BCUT2D eigenvalue weighted by molar-refractivity contribution is 4.95. The molecule has 0 spiro atoms. The zero-order valence-corrected chi connectivity index (χ0v) is 7.38. The lowest BCUT2D eigenvalue weighted by molar-refractivity contribution is -0.225. The molecule has 13 heavy (non-hydrogen) atoms. The Morgan fingerprint density at radius 2 is 2.08 bits per heavy atom. The van der Waals surface area contributed by atoms with Gasteiger partial charge in [-0.2, -0.15) is 0 Å². The normalized spacial score (nSPS) is 56.3. The molecule has 0 bridgehead atoms. The molecule has 5 unspecified atom stereocenters. The molecule has 2 saturated heterocycles. The van der Waals surface area contributed by atoms with Gasteiger partial charge < -0.3 is 24.8 Å². The maximum atomic E-state index is 9.53. The van der Waals surface area contributed by atoms with Gasteiger partial charge in [0.25, 0.3) is 0 Å². The van der Waals surface area contributed by atoms with E-state index in [0.717, 1.165) is 0 Å². The maximum absolute atomic E-state index is 9.53. The van der Waals surface area contributed by atoms with Crippen LogP contribution in [-0.2, 0) is 9.47 Å². The lowest BCUT2D eigenvalue weighted by atomic mass is 9.99. The van der Waals surface area contributed by atoms with Crippen LogP contribution in [0.15, 0.2) is 0 Å². The standard InChI is InChI=1S/C8H14O5/c1-8(11)2-5-7(13-8)6(10)4(9)3-12-5/h4-7,9-11H,2-3H2,1H3. The van der Waals surface area contributed by atoms with Crippen LogP contribution >= 0.6 is 0 Å². The second-order valence-electron chi connectivity index (χ2n) is 3.89. The Morgan fingerprint density at radius 1 is 1.38 bits per heavy atom. The third-order valence-electron chi connectivity index (χ3n) is 2.55. The first-order valence-electron chi connectivity index (χ1n) is 4.37. The largest absolute Gasteiger partial charge is 0.388 e. The smallest absolute Gasteiger partial charge is 0.165 e. The van der Waals surface area contributed by atoms with Gasteiger partial charge in [0, 0.05) is 6.42 Å². The molecule has 5 atom stereocenters. The topological polar surface area (TPSA) is 79.2 Å². The molecule has 5 nitrogen and oxygen atoms in total. The van der Waals surface area contributed by atoms with Crippen molar-refractivity contribution >= 4 is 0 Å². The second-order valence-corrected chi connectivity index (χ2v) is 3.89. The van der Waals surface area contributed by atoms with Crippen molar-refractivity contribution in [3.8, 4) is 0 Å². The average Bonchev–Trinajstić information content (AvgIpc) is 2.34. The number of fused-ring (bicyclic) bond motifs is 1. The number of ether oxygens (including phenoxy) is 2. The molecule has 0 aromatic heterocycles. The van der Waals surface area contributed by atoms with E-state index >= 15 is 0 Å². The Morgan fingerprint density at radius 3 is 2.77 bits per heavy atom. The molecule has 76 valence electrons. The van der Waals surface area contributed by atoms with Crippen LogP contribution < -0.4 is 0 Å². The number of aliphatic hydroxyl groups is 3. The minimum absolute atomic E-state index is 0.0990. The van der Waals surface area contributed by atoms with Gasteiger partial charge in [-0.25, -0.2) is 0 Å². The Labute approximate surface area is 75.9 Å². The van der Waals surface area contributed by atoms with Gasteiger partial charge in [0.1, 0.15) is 18.3 Å². The van der Waals surface area contributed by atoms with Crippen LogP contribution in [0, 0.1) is 0 Å². The quantitative estimate of drug-likeness (QED) is 0.438. The highest BCUT2D eigenvalue weighted by Gasteiger charge is 2.50. The van der Waals surface area contributed by atoms with Crippen molar-refractivity contribution in [3.63, 3.8) is 0 Å². The van der Waals surface area contributed by atoms with Crippen molar-refractivity contribution < 1.29 is 24.8 Å². The van der Waals surface area contributed by atoms with E-state index in [2.05, 4.69) is 0 Å². The molecule has 0 amide bonds. The van der Waals surface area contributed by atoms with Crippen molar-refractivity contribution in [3.05, 3.63) is 0 Å². The summed E-state index contributed by atoms with van der Waals surface area (Å²) in [5.41, 5.74) is 0. The molecule has 5 heteroatoms.